The molecule has 3 heteroatoms. The first-order chi connectivity index (χ1) is 7.10. The van der Waals surface area contributed by atoms with Crippen LogP contribution in [-0.4, -0.2) is 19.1 Å². The topological polar surface area (TPSA) is 9.23 Å². The highest BCUT2D eigenvalue weighted by atomic mass is 19.3. The van der Waals surface area contributed by atoms with E-state index in [0.29, 0.717) is 5.56 Å². The molecule has 0 bridgehead atoms. The maximum atomic E-state index is 13.6. The lowest BCUT2D eigenvalue weighted by Crippen LogP contribution is -2.36. The van der Waals surface area contributed by atoms with E-state index < -0.39 is 12.0 Å². The summed E-state index contributed by atoms with van der Waals surface area (Å²) in [5.74, 6) is -2.86. The number of hydrogen-bond acceptors (Lipinski definition) is 1. The lowest BCUT2D eigenvalue weighted by atomic mass is 10.0. The third-order valence-electron chi connectivity index (χ3n) is 2.30. The summed E-state index contributed by atoms with van der Waals surface area (Å²) in [6.45, 7) is 3.46. The summed E-state index contributed by atoms with van der Waals surface area (Å²) >= 11 is 0. The Labute approximate surface area is 89.1 Å². The lowest BCUT2D eigenvalue weighted by Gasteiger charge is -2.24. The summed E-state index contributed by atoms with van der Waals surface area (Å²) in [5, 5.41) is 0. The van der Waals surface area contributed by atoms with E-state index in [1.807, 2.05) is 0 Å². The number of methoxy groups -OCH3 is 1. The molecule has 0 aliphatic carbocycles. The fourth-order valence-corrected chi connectivity index (χ4v) is 1.48. The molecule has 0 saturated carbocycles. The van der Waals surface area contributed by atoms with E-state index in [9.17, 15) is 8.78 Å². The predicted molar refractivity (Wildman–Crippen MR) is 55.9 cm³/mol. The average molecular weight is 213 g/mol. The van der Waals surface area contributed by atoms with Crippen LogP contribution in [0.3, 0.4) is 0 Å². The van der Waals surface area contributed by atoms with Crippen molar-refractivity contribution in [3.8, 4) is 0 Å². The highest BCUT2D eigenvalue weighted by Gasteiger charge is 2.38. The molecule has 0 N–H and O–H groups in total. The molecule has 1 unspecified atom stereocenters. The fraction of sp³-hybridized carbons (Fsp3) is 0.417. The van der Waals surface area contributed by atoms with Gasteiger partial charge in [-0.05, 0) is 12.0 Å². The van der Waals surface area contributed by atoms with Gasteiger partial charge in [0.1, 0.15) is 6.10 Å². The predicted octanol–water partition coefficient (Wildman–Crippen LogP) is 3.10. The molecule has 1 rings (SSSR count). The normalized spacial score (nSPS) is 13.9. The first-order valence-corrected chi connectivity index (χ1v) is 4.84. The van der Waals surface area contributed by atoms with Gasteiger partial charge in [-0.1, -0.05) is 37.3 Å². The number of rotatable bonds is 5. The van der Waals surface area contributed by atoms with Gasteiger partial charge in [-0.3, -0.25) is 0 Å². The Morgan fingerprint density at radius 1 is 1.33 bits per heavy atom. The van der Waals surface area contributed by atoms with Crippen molar-refractivity contribution >= 4 is 0 Å². The van der Waals surface area contributed by atoms with Crippen molar-refractivity contribution in [2.45, 2.75) is 24.9 Å². The van der Waals surface area contributed by atoms with Crippen LogP contribution in [0.1, 0.15) is 12.0 Å². The van der Waals surface area contributed by atoms with Crippen molar-refractivity contribution in [1.29, 1.82) is 0 Å². The van der Waals surface area contributed by atoms with Crippen molar-refractivity contribution in [2.75, 3.05) is 7.11 Å². The molecule has 0 aliphatic heterocycles. The van der Waals surface area contributed by atoms with Crippen LogP contribution in [0.2, 0.25) is 0 Å². The van der Waals surface area contributed by atoms with Gasteiger partial charge in [0.05, 0.1) is 0 Å². The molecule has 0 aliphatic rings. The minimum atomic E-state index is -2.86. The number of benzene rings is 1. The molecule has 0 aromatic heterocycles. The SMILES string of the molecule is [CH2]CC(OC)C(F)(F)Cc1ccccc1. The zero-order valence-electron chi connectivity index (χ0n) is 8.75. The van der Waals surface area contributed by atoms with Crippen molar-refractivity contribution < 1.29 is 13.5 Å². The smallest absolute Gasteiger partial charge is 0.277 e. The van der Waals surface area contributed by atoms with E-state index in [1.54, 1.807) is 30.3 Å². The van der Waals surface area contributed by atoms with Gasteiger partial charge < -0.3 is 4.74 Å². The standard InChI is InChI=1S/C12H15F2O/c1-3-11(15-2)12(13,14)9-10-7-5-4-6-8-10/h4-8,11H,1,3,9H2,2H3. The molecule has 0 amide bonds. The summed E-state index contributed by atoms with van der Waals surface area (Å²) in [6.07, 6.45) is -1.35. The van der Waals surface area contributed by atoms with Crippen molar-refractivity contribution in [2.24, 2.45) is 0 Å². The van der Waals surface area contributed by atoms with Gasteiger partial charge in [-0.2, -0.15) is 0 Å². The van der Waals surface area contributed by atoms with Crippen LogP contribution in [0.15, 0.2) is 30.3 Å². The average Bonchev–Trinajstić information content (AvgIpc) is 2.19. The Hall–Kier alpha value is -0.960. The van der Waals surface area contributed by atoms with Crippen LogP contribution in [0.5, 0.6) is 0 Å². The third-order valence-corrected chi connectivity index (χ3v) is 2.30. The highest BCUT2D eigenvalue weighted by Crippen LogP contribution is 2.27. The van der Waals surface area contributed by atoms with Crippen LogP contribution in [0.4, 0.5) is 8.78 Å². The number of hydrogen-bond donors (Lipinski definition) is 0. The van der Waals surface area contributed by atoms with E-state index in [2.05, 4.69) is 6.92 Å². The minimum Gasteiger partial charge on any atom is -0.375 e. The second kappa shape index (κ2) is 5.21. The highest BCUT2D eigenvalue weighted by molar-refractivity contribution is 5.16. The quantitative estimate of drug-likeness (QED) is 0.730. The van der Waals surface area contributed by atoms with Gasteiger partial charge in [-0.25, -0.2) is 8.78 Å². The molecule has 15 heavy (non-hydrogen) atoms. The van der Waals surface area contributed by atoms with Crippen molar-refractivity contribution in [3.63, 3.8) is 0 Å². The summed E-state index contributed by atoms with van der Waals surface area (Å²) in [5.41, 5.74) is 0.609. The molecule has 83 valence electrons. The van der Waals surface area contributed by atoms with E-state index in [0.717, 1.165) is 0 Å². The molecule has 1 nitrogen and oxygen atoms in total. The molecule has 0 spiro atoms. The molecule has 0 saturated heterocycles. The van der Waals surface area contributed by atoms with Crippen LogP contribution in [0.25, 0.3) is 0 Å². The zero-order chi connectivity index (χ0) is 11.3. The Morgan fingerprint density at radius 2 is 1.93 bits per heavy atom. The van der Waals surface area contributed by atoms with Gasteiger partial charge in [0.25, 0.3) is 5.92 Å². The zero-order valence-corrected chi connectivity index (χ0v) is 8.75. The summed E-state index contributed by atoms with van der Waals surface area (Å²) < 4.78 is 31.9. The van der Waals surface area contributed by atoms with Gasteiger partial charge in [0.2, 0.25) is 0 Å². The number of alkyl halides is 2. The van der Waals surface area contributed by atoms with E-state index in [4.69, 9.17) is 4.74 Å². The van der Waals surface area contributed by atoms with E-state index in [-0.39, 0.29) is 12.8 Å². The maximum absolute atomic E-state index is 13.6. The molecular formula is C12H15F2O. The Bertz CT molecular complexity index is 281. The first-order valence-electron chi connectivity index (χ1n) is 4.84. The molecular weight excluding hydrogens is 198 g/mol. The largest absolute Gasteiger partial charge is 0.375 e. The summed E-state index contributed by atoms with van der Waals surface area (Å²) in [7, 11) is 1.29. The van der Waals surface area contributed by atoms with Crippen LogP contribution >= 0.6 is 0 Å². The second-order valence-electron chi connectivity index (χ2n) is 3.44. The molecule has 0 heterocycles. The van der Waals surface area contributed by atoms with Gasteiger partial charge in [0, 0.05) is 13.5 Å². The monoisotopic (exact) mass is 213 g/mol. The van der Waals surface area contributed by atoms with E-state index in [1.165, 1.54) is 7.11 Å². The lowest BCUT2D eigenvalue weighted by molar-refractivity contribution is -0.121. The molecule has 1 radical (unpaired) electrons. The Kier molecular flexibility index (Phi) is 4.21. The van der Waals surface area contributed by atoms with Crippen molar-refractivity contribution in [3.05, 3.63) is 42.8 Å². The second-order valence-corrected chi connectivity index (χ2v) is 3.44. The number of ether oxygens (including phenoxy) is 1. The van der Waals surface area contributed by atoms with Crippen LogP contribution in [0, 0.1) is 6.92 Å². The summed E-state index contributed by atoms with van der Waals surface area (Å²) in [6, 6.07) is 8.67. The summed E-state index contributed by atoms with van der Waals surface area (Å²) in [4.78, 5) is 0. The molecule has 1 atom stereocenters. The van der Waals surface area contributed by atoms with Crippen LogP contribution < -0.4 is 0 Å². The molecule has 0 fully saturated rings. The van der Waals surface area contributed by atoms with Crippen molar-refractivity contribution in [1.82, 2.24) is 0 Å². The minimum absolute atomic E-state index is 0.0658. The maximum Gasteiger partial charge on any atom is 0.277 e. The molecule has 1 aromatic carbocycles. The third kappa shape index (κ3) is 3.27. The number of halogens is 2. The van der Waals surface area contributed by atoms with Gasteiger partial charge >= 0.3 is 0 Å². The van der Waals surface area contributed by atoms with E-state index >= 15 is 0 Å². The first kappa shape index (κ1) is 12.1. The van der Waals surface area contributed by atoms with Crippen LogP contribution in [-0.2, 0) is 11.2 Å². The fourth-order valence-electron chi connectivity index (χ4n) is 1.48. The van der Waals surface area contributed by atoms with Gasteiger partial charge in [0.15, 0.2) is 0 Å². The Balaban J connectivity index is 2.71. The Morgan fingerprint density at radius 3 is 2.40 bits per heavy atom. The van der Waals surface area contributed by atoms with Gasteiger partial charge in [-0.15, -0.1) is 0 Å². The molecule has 1 aromatic rings.